The van der Waals surface area contributed by atoms with Crippen LogP contribution in [0.2, 0.25) is 0 Å². The summed E-state index contributed by atoms with van der Waals surface area (Å²) in [6.45, 7) is 0. The lowest BCUT2D eigenvalue weighted by Crippen LogP contribution is -2.31. The van der Waals surface area contributed by atoms with Gasteiger partial charge in [-0.15, -0.1) is 0 Å². The largest absolute Gasteiger partial charge is 0.469 e. The monoisotopic (exact) mass is 281 g/mol. The van der Waals surface area contributed by atoms with Gasteiger partial charge in [0.1, 0.15) is 5.92 Å². The molecule has 0 heterocycles. The molecule has 20 heavy (non-hydrogen) atoms. The predicted molar refractivity (Wildman–Crippen MR) is 68.3 cm³/mol. The number of hydrogen-bond donors (Lipinski definition) is 0. The Morgan fingerprint density at radius 1 is 1.20 bits per heavy atom. The van der Waals surface area contributed by atoms with Crippen LogP contribution in [-0.4, -0.2) is 31.1 Å². The number of benzene rings is 1. The summed E-state index contributed by atoms with van der Waals surface area (Å²) in [5.74, 6) is -2.76. The zero-order chi connectivity index (χ0) is 15.1. The van der Waals surface area contributed by atoms with Crippen molar-refractivity contribution in [3.05, 3.63) is 46.0 Å². The third-order valence-electron chi connectivity index (χ3n) is 2.87. The second-order valence-electron chi connectivity index (χ2n) is 4.05. The van der Waals surface area contributed by atoms with Crippen molar-refractivity contribution < 1.29 is 24.0 Å². The zero-order valence-corrected chi connectivity index (χ0v) is 11.1. The van der Waals surface area contributed by atoms with Gasteiger partial charge in [-0.25, -0.2) is 0 Å². The number of nitro groups is 1. The predicted octanol–water partition coefficient (Wildman–Crippen LogP) is 1.36. The first-order valence-corrected chi connectivity index (χ1v) is 5.84. The number of methoxy groups -OCH3 is 2. The van der Waals surface area contributed by atoms with Gasteiger partial charge in [0.2, 0.25) is 0 Å². The van der Waals surface area contributed by atoms with Crippen LogP contribution in [0, 0.1) is 16.0 Å². The van der Waals surface area contributed by atoms with Gasteiger partial charge in [0, 0.05) is 10.5 Å². The van der Waals surface area contributed by atoms with E-state index in [1.807, 2.05) is 0 Å². The van der Waals surface area contributed by atoms with Crippen LogP contribution in [-0.2, 0) is 19.1 Å². The summed E-state index contributed by atoms with van der Waals surface area (Å²) in [5.41, 5.74) is 0.330. The van der Waals surface area contributed by atoms with Crippen molar-refractivity contribution in [2.75, 3.05) is 14.2 Å². The Hall–Kier alpha value is -2.44. The number of ether oxygens (including phenoxy) is 2. The fourth-order valence-corrected chi connectivity index (χ4v) is 1.89. The molecule has 0 aromatic heterocycles. The average molecular weight is 281 g/mol. The first-order chi connectivity index (χ1) is 9.51. The molecule has 2 atom stereocenters. The van der Waals surface area contributed by atoms with Gasteiger partial charge >= 0.3 is 11.9 Å². The molecule has 0 aliphatic heterocycles. The van der Waals surface area contributed by atoms with Gasteiger partial charge in [-0.1, -0.05) is 30.3 Å². The Morgan fingerprint density at radius 3 is 2.25 bits per heavy atom. The SMILES string of the molecule is COC(=O)CC(C(=O)OC)C(c1ccccc1)[N+](=O)[O-]. The van der Waals surface area contributed by atoms with Crippen molar-refractivity contribution in [3.63, 3.8) is 0 Å². The van der Waals surface area contributed by atoms with Crippen LogP contribution >= 0.6 is 0 Å². The minimum absolute atomic E-state index is 0.330. The molecule has 0 aliphatic carbocycles. The molecule has 2 unspecified atom stereocenters. The van der Waals surface area contributed by atoms with Gasteiger partial charge in [0.25, 0.3) is 6.04 Å². The number of carbonyl (C=O) groups is 2. The van der Waals surface area contributed by atoms with Gasteiger partial charge in [0.15, 0.2) is 0 Å². The number of rotatable bonds is 6. The van der Waals surface area contributed by atoms with Gasteiger partial charge in [-0.3, -0.25) is 19.7 Å². The molecule has 1 aromatic rings. The van der Waals surface area contributed by atoms with E-state index < -0.39 is 35.2 Å². The normalized spacial score (nSPS) is 13.1. The topological polar surface area (TPSA) is 95.7 Å². The minimum atomic E-state index is -1.36. The minimum Gasteiger partial charge on any atom is -0.469 e. The highest BCUT2D eigenvalue weighted by Crippen LogP contribution is 2.29. The van der Waals surface area contributed by atoms with E-state index in [-0.39, 0.29) is 0 Å². The second-order valence-corrected chi connectivity index (χ2v) is 4.05. The molecule has 108 valence electrons. The van der Waals surface area contributed by atoms with E-state index >= 15 is 0 Å². The fraction of sp³-hybridized carbons (Fsp3) is 0.385. The molecule has 0 spiro atoms. The molecule has 7 nitrogen and oxygen atoms in total. The summed E-state index contributed by atoms with van der Waals surface area (Å²) in [6, 6.07) is 6.65. The molecule has 0 saturated heterocycles. The van der Waals surface area contributed by atoms with Crippen LogP contribution in [0.25, 0.3) is 0 Å². The van der Waals surface area contributed by atoms with Crippen LogP contribution in [0.5, 0.6) is 0 Å². The number of esters is 2. The first kappa shape index (κ1) is 15.6. The van der Waals surface area contributed by atoms with E-state index in [4.69, 9.17) is 0 Å². The third-order valence-corrected chi connectivity index (χ3v) is 2.87. The van der Waals surface area contributed by atoms with Crippen LogP contribution in [0.15, 0.2) is 30.3 Å². The molecule has 0 amide bonds. The Balaban J connectivity index is 3.15. The van der Waals surface area contributed by atoms with Crippen molar-refractivity contribution in [2.24, 2.45) is 5.92 Å². The average Bonchev–Trinajstić information content (AvgIpc) is 2.46. The molecule has 1 rings (SSSR count). The molecule has 0 bridgehead atoms. The van der Waals surface area contributed by atoms with Crippen LogP contribution in [0.1, 0.15) is 18.0 Å². The molecule has 0 aliphatic rings. The molecule has 0 radical (unpaired) electrons. The molecule has 0 saturated carbocycles. The van der Waals surface area contributed by atoms with E-state index in [0.717, 1.165) is 14.2 Å². The van der Waals surface area contributed by atoms with Gasteiger partial charge in [0.05, 0.1) is 20.6 Å². The lowest BCUT2D eigenvalue weighted by molar-refractivity contribution is -0.536. The molecule has 1 aromatic carbocycles. The second kappa shape index (κ2) is 7.22. The number of carbonyl (C=O) groups excluding carboxylic acids is 2. The molecular formula is C13H15NO6. The smallest absolute Gasteiger partial charge is 0.316 e. The highest BCUT2D eigenvalue weighted by atomic mass is 16.6. The first-order valence-electron chi connectivity index (χ1n) is 5.84. The van der Waals surface area contributed by atoms with E-state index in [9.17, 15) is 19.7 Å². The van der Waals surface area contributed by atoms with E-state index in [2.05, 4.69) is 9.47 Å². The number of nitrogens with zero attached hydrogens (tertiary/aromatic N) is 1. The maximum absolute atomic E-state index is 11.7. The molecule has 7 heteroatoms. The van der Waals surface area contributed by atoms with E-state index in [1.54, 1.807) is 18.2 Å². The Kier molecular flexibility index (Phi) is 5.64. The summed E-state index contributed by atoms with van der Waals surface area (Å²) in [6.07, 6.45) is -0.413. The summed E-state index contributed by atoms with van der Waals surface area (Å²) in [7, 11) is 2.27. The molecule has 0 fully saturated rings. The summed E-state index contributed by atoms with van der Waals surface area (Å²) >= 11 is 0. The van der Waals surface area contributed by atoms with Crippen molar-refractivity contribution in [1.29, 1.82) is 0 Å². The highest BCUT2D eigenvalue weighted by molar-refractivity contribution is 5.80. The Bertz CT molecular complexity index is 487. The van der Waals surface area contributed by atoms with E-state index in [0.29, 0.717) is 5.56 Å². The van der Waals surface area contributed by atoms with Crippen molar-refractivity contribution in [2.45, 2.75) is 12.5 Å². The highest BCUT2D eigenvalue weighted by Gasteiger charge is 2.41. The summed E-state index contributed by atoms with van der Waals surface area (Å²) in [5, 5.41) is 11.3. The van der Waals surface area contributed by atoms with Crippen molar-refractivity contribution >= 4 is 11.9 Å². The van der Waals surface area contributed by atoms with Crippen molar-refractivity contribution in [1.82, 2.24) is 0 Å². The summed E-state index contributed by atoms with van der Waals surface area (Å²) in [4.78, 5) is 33.8. The number of hydrogen-bond acceptors (Lipinski definition) is 6. The zero-order valence-electron chi connectivity index (χ0n) is 11.1. The standard InChI is InChI=1S/C13H15NO6/c1-19-11(15)8-10(13(16)20-2)12(14(17)18)9-6-4-3-5-7-9/h3-7,10,12H,8H2,1-2H3. The Labute approximate surface area is 115 Å². The fourth-order valence-electron chi connectivity index (χ4n) is 1.89. The van der Waals surface area contributed by atoms with Crippen LogP contribution < -0.4 is 0 Å². The Morgan fingerprint density at radius 2 is 1.80 bits per heavy atom. The van der Waals surface area contributed by atoms with Gasteiger partial charge < -0.3 is 9.47 Å². The maximum Gasteiger partial charge on any atom is 0.316 e. The molecular weight excluding hydrogens is 266 g/mol. The molecule has 0 N–H and O–H groups in total. The van der Waals surface area contributed by atoms with Gasteiger partial charge in [-0.05, 0) is 0 Å². The maximum atomic E-state index is 11.7. The lowest BCUT2D eigenvalue weighted by atomic mass is 9.91. The van der Waals surface area contributed by atoms with Gasteiger partial charge in [-0.2, -0.15) is 0 Å². The third kappa shape index (κ3) is 3.78. The van der Waals surface area contributed by atoms with E-state index in [1.165, 1.54) is 12.1 Å². The lowest BCUT2D eigenvalue weighted by Gasteiger charge is -2.18. The quantitative estimate of drug-likeness (QED) is 0.443. The van der Waals surface area contributed by atoms with Crippen molar-refractivity contribution in [3.8, 4) is 0 Å². The van der Waals surface area contributed by atoms with Crippen LogP contribution in [0.3, 0.4) is 0 Å². The van der Waals surface area contributed by atoms with Crippen LogP contribution in [0.4, 0.5) is 0 Å². The summed E-state index contributed by atoms with van der Waals surface area (Å²) < 4.78 is 9.03.